The summed E-state index contributed by atoms with van der Waals surface area (Å²) >= 11 is 6.75. The highest BCUT2D eigenvalue weighted by molar-refractivity contribution is 7.80. The molecule has 5 aromatic rings. The zero-order valence-corrected chi connectivity index (χ0v) is 19.3. The molecule has 8 nitrogen and oxygen atoms in total. The second-order valence-electron chi connectivity index (χ2n) is 7.25. The summed E-state index contributed by atoms with van der Waals surface area (Å²) < 4.78 is 7.40. The Morgan fingerprint density at radius 2 is 1.76 bits per heavy atom. The third-order valence-electron chi connectivity index (χ3n) is 4.87. The normalized spacial score (nSPS) is 10.7. The molecule has 0 radical (unpaired) electrons. The third-order valence-corrected chi connectivity index (χ3v) is 6.03. The highest BCUT2D eigenvalue weighted by Gasteiger charge is 2.10. The lowest BCUT2D eigenvalue weighted by Crippen LogP contribution is -2.34. The molecule has 3 aromatic carbocycles. The number of hydrogen-bond acceptors (Lipinski definition) is 7. The van der Waals surface area contributed by atoms with Crippen LogP contribution < -0.4 is 15.4 Å². The minimum atomic E-state index is -0.302. The Morgan fingerprint density at radius 3 is 2.50 bits per heavy atom. The molecular weight excluding hydrogens is 468 g/mol. The number of thiocarbonyl (C=S) groups is 1. The smallest absolute Gasteiger partial charge is 0.257 e. The van der Waals surface area contributed by atoms with Gasteiger partial charge in [0.15, 0.2) is 5.11 Å². The van der Waals surface area contributed by atoms with Crippen LogP contribution in [0.4, 0.5) is 5.69 Å². The summed E-state index contributed by atoms with van der Waals surface area (Å²) in [6, 6.07) is 24.4. The number of benzene rings is 3. The summed E-state index contributed by atoms with van der Waals surface area (Å²) in [4.78, 5) is 13.3. The third kappa shape index (κ3) is 5.08. The van der Waals surface area contributed by atoms with E-state index in [4.69, 9.17) is 17.0 Å². The Morgan fingerprint density at radius 1 is 1.00 bits per heavy atom. The van der Waals surface area contributed by atoms with Crippen LogP contribution in [0.1, 0.15) is 15.9 Å². The Bertz CT molecular complexity index is 1400. The molecule has 0 saturated carbocycles. The highest BCUT2D eigenvalue weighted by Crippen LogP contribution is 2.25. The van der Waals surface area contributed by atoms with E-state index in [0.717, 1.165) is 26.8 Å². The summed E-state index contributed by atoms with van der Waals surface area (Å²) in [5, 5.41) is 19.0. The fourth-order valence-electron chi connectivity index (χ4n) is 3.15. The number of carbonyl (C=O) groups excluding carboxylic acids is 1. The van der Waals surface area contributed by atoms with Gasteiger partial charge in [0, 0.05) is 16.8 Å². The molecule has 34 heavy (non-hydrogen) atoms. The number of ether oxygens (including phenoxy) is 1. The molecule has 2 N–H and O–H groups in total. The van der Waals surface area contributed by atoms with Crippen molar-refractivity contribution in [2.24, 2.45) is 0 Å². The number of hydrogen-bond donors (Lipinski definition) is 2. The standard InChI is InChI=1S/C24H18N6O2S2/c31-21(17-8-12-20(13-9-17)32-14-16-4-2-1-3-5-16)27-23(33)26-19-10-6-18(7-11-19)22-29-30-15-25-28-24(30)34-22/h1-13,15H,14H2,(H2,26,27,31,33). The van der Waals surface area contributed by atoms with Crippen LogP contribution in [0.25, 0.3) is 15.5 Å². The second-order valence-corrected chi connectivity index (χ2v) is 8.61. The molecule has 0 aliphatic carbocycles. The predicted molar refractivity (Wildman–Crippen MR) is 135 cm³/mol. The van der Waals surface area contributed by atoms with Gasteiger partial charge in [0.05, 0.1) is 0 Å². The average molecular weight is 487 g/mol. The molecule has 0 saturated heterocycles. The summed E-state index contributed by atoms with van der Waals surface area (Å²) in [6.45, 7) is 0.465. The van der Waals surface area contributed by atoms with Crippen molar-refractivity contribution >= 4 is 45.2 Å². The van der Waals surface area contributed by atoms with E-state index in [9.17, 15) is 4.79 Å². The Balaban J connectivity index is 1.14. The van der Waals surface area contributed by atoms with Crippen LogP contribution in [0, 0.1) is 0 Å². The number of nitrogens with zero attached hydrogens (tertiary/aromatic N) is 4. The van der Waals surface area contributed by atoms with E-state index in [0.29, 0.717) is 17.9 Å². The van der Waals surface area contributed by atoms with Crippen molar-refractivity contribution in [1.29, 1.82) is 0 Å². The molecule has 0 atom stereocenters. The van der Waals surface area contributed by atoms with Gasteiger partial charge in [-0.05, 0) is 66.3 Å². The van der Waals surface area contributed by atoms with Crippen LogP contribution >= 0.6 is 23.6 Å². The maximum absolute atomic E-state index is 12.5. The number of rotatable bonds is 6. The lowest BCUT2D eigenvalue weighted by Gasteiger charge is -2.11. The number of anilines is 1. The van der Waals surface area contributed by atoms with Crippen molar-refractivity contribution in [2.45, 2.75) is 6.61 Å². The van der Waals surface area contributed by atoms with Gasteiger partial charge in [-0.15, -0.1) is 10.2 Å². The summed E-state index contributed by atoms with van der Waals surface area (Å²) in [5.74, 6) is 0.384. The topological polar surface area (TPSA) is 93.4 Å². The SMILES string of the molecule is O=C(NC(=S)Nc1ccc(-c2nn3cnnc3s2)cc1)c1ccc(OCc2ccccc2)cc1. The summed E-state index contributed by atoms with van der Waals surface area (Å²) in [6.07, 6.45) is 1.57. The van der Waals surface area contributed by atoms with E-state index in [1.807, 2.05) is 54.6 Å². The van der Waals surface area contributed by atoms with E-state index < -0.39 is 0 Å². The van der Waals surface area contributed by atoms with Gasteiger partial charge >= 0.3 is 0 Å². The van der Waals surface area contributed by atoms with Crippen molar-refractivity contribution < 1.29 is 9.53 Å². The molecule has 0 fully saturated rings. The lowest BCUT2D eigenvalue weighted by molar-refractivity contribution is 0.0977. The van der Waals surface area contributed by atoms with E-state index in [-0.39, 0.29) is 11.0 Å². The first-order valence-electron chi connectivity index (χ1n) is 10.3. The van der Waals surface area contributed by atoms with E-state index in [2.05, 4.69) is 25.9 Å². The second kappa shape index (κ2) is 9.77. The number of fused-ring (bicyclic) bond motifs is 1. The predicted octanol–water partition coefficient (Wildman–Crippen LogP) is 4.56. The molecule has 0 unspecified atom stereocenters. The maximum Gasteiger partial charge on any atom is 0.257 e. The fraction of sp³-hybridized carbons (Fsp3) is 0.0417. The number of aromatic nitrogens is 4. The zero-order chi connectivity index (χ0) is 23.3. The first kappa shape index (κ1) is 21.7. The van der Waals surface area contributed by atoms with E-state index in [1.54, 1.807) is 35.1 Å². The van der Waals surface area contributed by atoms with E-state index in [1.165, 1.54) is 11.3 Å². The molecule has 2 heterocycles. The van der Waals surface area contributed by atoms with E-state index >= 15 is 0 Å². The largest absolute Gasteiger partial charge is 0.489 e. The van der Waals surface area contributed by atoms with Gasteiger partial charge in [0.2, 0.25) is 4.96 Å². The van der Waals surface area contributed by atoms with Crippen molar-refractivity contribution in [3.05, 3.63) is 96.3 Å². The van der Waals surface area contributed by atoms with Crippen LogP contribution in [-0.2, 0) is 6.61 Å². The molecule has 0 spiro atoms. The average Bonchev–Trinajstić information content (AvgIpc) is 3.47. The molecule has 0 aliphatic rings. The molecule has 5 rings (SSSR count). The first-order valence-corrected chi connectivity index (χ1v) is 11.5. The summed E-state index contributed by atoms with van der Waals surface area (Å²) in [7, 11) is 0. The molecular formula is C24H18N6O2S2. The molecule has 10 heteroatoms. The summed E-state index contributed by atoms with van der Waals surface area (Å²) in [5.41, 5.74) is 3.26. The quantitative estimate of drug-likeness (QED) is 0.340. The molecule has 0 aliphatic heterocycles. The molecule has 1 amide bonds. The number of carbonyl (C=O) groups is 1. The van der Waals surface area contributed by atoms with Gasteiger partial charge in [-0.1, -0.05) is 41.7 Å². The monoisotopic (exact) mass is 486 g/mol. The maximum atomic E-state index is 12.5. The Labute approximate surface area is 204 Å². The molecule has 168 valence electrons. The minimum absolute atomic E-state index is 0.209. The van der Waals surface area contributed by atoms with Gasteiger partial charge in [0.1, 0.15) is 23.7 Å². The number of nitrogens with one attached hydrogen (secondary N) is 2. The fourth-order valence-corrected chi connectivity index (χ4v) is 4.19. The molecule has 0 bridgehead atoms. The van der Waals surface area contributed by atoms with Crippen molar-refractivity contribution in [2.75, 3.05) is 5.32 Å². The van der Waals surface area contributed by atoms with Crippen LogP contribution in [0.15, 0.2) is 85.2 Å². The van der Waals surface area contributed by atoms with Gasteiger partial charge in [0.25, 0.3) is 5.91 Å². The van der Waals surface area contributed by atoms with Crippen molar-refractivity contribution in [1.82, 2.24) is 25.1 Å². The van der Waals surface area contributed by atoms with Crippen molar-refractivity contribution in [3.8, 4) is 16.3 Å². The van der Waals surface area contributed by atoms with Crippen LogP contribution in [0.2, 0.25) is 0 Å². The minimum Gasteiger partial charge on any atom is -0.489 e. The van der Waals surface area contributed by atoms with Crippen molar-refractivity contribution in [3.63, 3.8) is 0 Å². The lowest BCUT2D eigenvalue weighted by atomic mass is 10.2. The highest BCUT2D eigenvalue weighted by atomic mass is 32.1. The van der Waals surface area contributed by atoms with Gasteiger partial charge < -0.3 is 10.1 Å². The van der Waals surface area contributed by atoms with Gasteiger partial charge in [-0.3, -0.25) is 10.1 Å². The molecule has 2 aromatic heterocycles. The Hall–Kier alpha value is -4.15. The van der Waals surface area contributed by atoms with Gasteiger partial charge in [-0.2, -0.15) is 9.61 Å². The van der Waals surface area contributed by atoms with Crippen LogP contribution in [0.5, 0.6) is 5.75 Å². The zero-order valence-electron chi connectivity index (χ0n) is 17.7. The Kier molecular flexibility index (Phi) is 6.23. The van der Waals surface area contributed by atoms with Crippen LogP contribution in [0.3, 0.4) is 0 Å². The first-order chi connectivity index (χ1) is 16.6. The number of amides is 1. The van der Waals surface area contributed by atoms with Crippen LogP contribution in [-0.4, -0.2) is 30.8 Å². The van der Waals surface area contributed by atoms with Gasteiger partial charge in [-0.25, -0.2) is 0 Å².